The van der Waals surface area contributed by atoms with Crippen molar-refractivity contribution < 1.29 is 18.8 Å². The second-order valence-corrected chi connectivity index (χ2v) is 6.99. The van der Waals surface area contributed by atoms with E-state index in [2.05, 4.69) is 10.1 Å². The fourth-order valence-corrected chi connectivity index (χ4v) is 3.53. The van der Waals surface area contributed by atoms with E-state index in [-0.39, 0.29) is 12.0 Å². The van der Waals surface area contributed by atoms with Crippen LogP contribution in [0, 0.1) is 6.92 Å². The molecule has 0 saturated carbocycles. The third-order valence-corrected chi connectivity index (χ3v) is 4.69. The molecule has 0 saturated heterocycles. The molecule has 0 aliphatic carbocycles. The van der Waals surface area contributed by atoms with Gasteiger partial charge in [0.15, 0.2) is 0 Å². The van der Waals surface area contributed by atoms with E-state index in [4.69, 9.17) is 14.0 Å². The largest absolute Gasteiger partial charge is 0.493 e. The number of H-pyrrole nitrogens is 1. The van der Waals surface area contributed by atoms with Gasteiger partial charge in [-0.15, -0.1) is 0 Å². The van der Waals surface area contributed by atoms with E-state index in [1.807, 2.05) is 39.0 Å². The molecule has 0 spiro atoms. The van der Waals surface area contributed by atoms with Gasteiger partial charge in [-0.1, -0.05) is 5.16 Å². The number of aromatic amines is 1. The highest BCUT2D eigenvalue weighted by Crippen LogP contribution is 2.41. The van der Waals surface area contributed by atoms with Gasteiger partial charge in [0.1, 0.15) is 34.8 Å². The van der Waals surface area contributed by atoms with Crippen molar-refractivity contribution >= 4 is 16.8 Å². The lowest BCUT2D eigenvalue weighted by atomic mass is 10.1. The topological polar surface area (TPSA) is 80.6 Å². The van der Waals surface area contributed by atoms with Crippen molar-refractivity contribution in [3.63, 3.8) is 0 Å². The number of aromatic nitrogens is 2. The quantitative estimate of drug-likeness (QED) is 0.745. The maximum Gasteiger partial charge on any atom is 0.270 e. The van der Waals surface area contributed by atoms with Gasteiger partial charge in [0.05, 0.1) is 18.7 Å². The summed E-state index contributed by atoms with van der Waals surface area (Å²) in [6, 6.07) is 5.68. The van der Waals surface area contributed by atoms with Crippen molar-refractivity contribution in [2.45, 2.75) is 39.8 Å². The molecule has 27 heavy (non-hydrogen) atoms. The summed E-state index contributed by atoms with van der Waals surface area (Å²) in [5.41, 5.74) is 3.12. The minimum absolute atomic E-state index is 0.112. The summed E-state index contributed by atoms with van der Waals surface area (Å²) in [7, 11) is 1.74. The monoisotopic (exact) mass is 369 g/mol. The SMILES string of the molecule is CCOc1cc2c(c3[nH]c(C(=O)N(C)Cc4cc(C)on4)cc13)O[C@H](C)C2. The number of carbonyl (C=O) groups is 1. The highest BCUT2D eigenvalue weighted by molar-refractivity contribution is 6.02. The molecule has 1 N–H and O–H groups in total. The zero-order valence-electron chi connectivity index (χ0n) is 16.0. The minimum Gasteiger partial charge on any atom is -0.493 e. The maximum absolute atomic E-state index is 12.9. The van der Waals surface area contributed by atoms with E-state index in [1.165, 1.54) is 0 Å². The van der Waals surface area contributed by atoms with Crippen LogP contribution in [0.5, 0.6) is 11.5 Å². The highest BCUT2D eigenvalue weighted by atomic mass is 16.5. The lowest BCUT2D eigenvalue weighted by Crippen LogP contribution is -2.26. The summed E-state index contributed by atoms with van der Waals surface area (Å²) in [6.07, 6.45) is 0.944. The van der Waals surface area contributed by atoms with E-state index in [1.54, 1.807) is 11.9 Å². The van der Waals surface area contributed by atoms with Crippen LogP contribution in [-0.2, 0) is 13.0 Å². The van der Waals surface area contributed by atoms with Crippen molar-refractivity contribution in [2.75, 3.05) is 13.7 Å². The number of amides is 1. The Morgan fingerprint density at radius 2 is 2.22 bits per heavy atom. The molecular formula is C20H23N3O4. The van der Waals surface area contributed by atoms with Crippen LogP contribution < -0.4 is 9.47 Å². The average Bonchev–Trinajstić information content (AvgIpc) is 3.32. The van der Waals surface area contributed by atoms with Crippen LogP contribution in [-0.4, -0.2) is 40.7 Å². The Labute approximate surface area is 157 Å². The molecule has 0 radical (unpaired) electrons. The van der Waals surface area contributed by atoms with E-state index in [0.717, 1.165) is 40.1 Å². The molecular weight excluding hydrogens is 346 g/mol. The first kappa shape index (κ1) is 17.5. The van der Waals surface area contributed by atoms with Crippen molar-refractivity contribution in [3.8, 4) is 11.5 Å². The van der Waals surface area contributed by atoms with Crippen molar-refractivity contribution in [1.29, 1.82) is 0 Å². The Hall–Kier alpha value is -2.96. The van der Waals surface area contributed by atoms with Crippen molar-refractivity contribution in [2.24, 2.45) is 0 Å². The van der Waals surface area contributed by atoms with Crippen LogP contribution in [0.15, 0.2) is 22.7 Å². The number of rotatable bonds is 5. The second kappa shape index (κ2) is 6.64. The molecule has 7 nitrogen and oxygen atoms in total. The molecule has 0 bridgehead atoms. The Kier molecular flexibility index (Phi) is 4.30. The Morgan fingerprint density at radius 3 is 2.93 bits per heavy atom. The maximum atomic E-state index is 12.9. The number of aryl methyl sites for hydroxylation is 1. The predicted molar refractivity (Wildman–Crippen MR) is 100 cm³/mol. The molecule has 4 rings (SSSR count). The first-order valence-corrected chi connectivity index (χ1v) is 9.12. The Morgan fingerprint density at radius 1 is 1.41 bits per heavy atom. The van der Waals surface area contributed by atoms with Gasteiger partial charge in [0.25, 0.3) is 5.91 Å². The molecule has 0 fully saturated rings. The van der Waals surface area contributed by atoms with Gasteiger partial charge in [0, 0.05) is 30.5 Å². The molecule has 0 unspecified atom stereocenters. The van der Waals surface area contributed by atoms with E-state index in [9.17, 15) is 4.79 Å². The zero-order valence-corrected chi connectivity index (χ0v) is 16.0. The van der Waals surface area contributed by atoms with Gasteiger partial charge in [-0.2, -0.15) is 0 Å². The van der Waals surface area contributed by atoms with Crippen molar-refractivity contribution in [1.82, 2.24) is 15.0 Å². The summed E-state index contributed by atoms with van der Waals surface area (Å²) in [4.78, 5) is 17.8. The molecule has 2 aromatic heterocycles. The standard InChI is InChI=1S/C20H23N3O4/c1-5-25-17-8-13-6-11(2)26-19(13)18-15(17)9-16(21-18)20(24)23(4)10-14-7-12(3)27-22-14/h7-9,11,21H,5-6,10H2,1-4H3/t11-/m1/s1. The van der Waals surface area contributed by atoms with Gasteiger partial charge >= 0.3 is 0 Å². The van der Waals surface area contributed by atoms with Gasteiger partial charge in [-0.3, -0.25) is 4.79 Å². The average molecular weight is 369 g/mol. The number of hydrogen-bond acceptors (Lipinski definition) is 5. The Balaban J connectivity index is 1.69. The fraction of sp³-hybridized carbons (Fsp3) is 0.400. The second-order valence-electron chi connectivity index (χ2n) is 6.99. The number of nitrogens with one attached hydrogen (secondary N) is 1. The van der Waals surface area contributed by atoms with Gasteiger partial charge < -0.3 is 23.9 Å². The third-order valence-electron chi connectivity index (χ3n) is 4.69. The number of fused-ring (bicyclic) bond motifs is 3. The molecule has 3 aromatic rings. The normalized spacial score (nSPS) is 15.6. The highest BCUT2D eigenvalue weighted by Gasteiger charge is 2.27. The number of carbonyl (C=O) groups excluding carboxylic acids is 1. The molecule has 142 valence electrons. The van der Waals surface area contributed by atoms with Crippen LogP contribution in [0.2, 0.25) is 0 Å². The molecule has 1 aliphatic rings. The van der Waals surface area contributed by atoms with E-state index < -0.39 is 0 Å². The van der Waals surface area contributed by atoms with Crippen LogP contribution in [0.25, 0.3) is 10.9 Å². The molecule has 1 atom stereocenters. The van der Waals surface area contributed by atoms with E-state index in [0.29, 0.717) is 24.5 Å². The van der Waals surface area contributed by atoms with Gasteiger partial charge in [0.2, 0.25) is 0 Å². The van der Waals surface area contributed by atoms with Gasteiger partial charge in [-0.05, 0) is 32.9 Å². The number of benzene rings is 1. The van der Waals surface area contributed by atoms with Gasteiger partial charge in [-0.25, -0.2) is 0 Å². The molecule has 1 amide bonds. The van der Waals surface area contributed by atoms with Crippen LogP contribution in [0.3, 0.4) is 0 Å². The first-order chi connectivity index (χ1) is 13.0. The lowest BCUT2D eigenvalue weighted by molar-refractivity contribution is 0.0777. The van der Waals surface area contributed by atoms with E-state index >= 15 is 0 Å². The van der Waals surface area contributed by atoms with Crippen LogP contribution >= 0.6 is 0 Å². The zero-order chi connectivity index (χ0) is 19.1. The smallest absolute Gasteiger partial charge is 0.270 e. The summed E-state index contributed by atoms with van der Waals surface area (Å²) in [6.45, 7) is 6.74. The summed E-state index contributed by atoms with van der Waals surface area (Å²) < 4.78 is 16.9. The fourth-order valence-electron chi connectivity index (χ4n) is 3.53. The molecule has 1 aromatic carbocycles. The van der Waals surface area contributed by atoms with Crippen LogP contribution in [0.4, 0.5) is 0 Å². The summed E-state index contributed by atoms with van der Waals surface area (Å²) in [5.74, 6) is 2.18. The summed E-state index contributed by atoms with van der Waals surface area (Å²) in [5, 5.41) is 4.81. The minimum atomic E-state index is -0.130. The predicted octanol–water partition coefficient (Wildman–Crippen LogP) is 3.46. The number of hydrogen-bond donors (Lipinski definition) is 1. The van der Waals surface area contributed by atoms with Crippen molar-refractivity contribution in [3.05, 3.63) is 40.9 Å². The van der Waals surface area contributed by atoms with Crippen LogP contribution in [0.1, 0.15) is 41.4 Å². The molecule has 1 aliphatic heterocycles. The third kappa shape index (κ3) is 3.13. The molecule has 7 heteroatoms. The summed E-state index contributed by atoms with van der Waals surface area (Å²) >= 11 is 0. The number of ether oxygens (including phenoxy) is 2. The Bertz CT molecular complexity index is 1000. The molecule has 3 heterocycles. The number of nitrogens with zero attached hydrogens (tertiary/aromatic N) is 2. The lowest BCUT2D eigenvalue weighted by Gasteiger charge is -2.14. The first-order valence-electron chi connectivity index (χ1n) is 9.12.